The van der Waals surface area contributed by atoms with Gasteiger partial charge in [-0.3, -0.25) is 0 Å². The van der Waals surface area contributed by atoms with E-state index >= 15 is 0 Å². The molecule has 0 spiro atoms. The van der Waals surface area contributed by atoms with Crippen LogP contribution < -0.4 is 10.2 Å². The Hall–Kier alpha value is -1.88. The first-order chi connectivity index (χ1) is 10.1. The van der Waals surface area contributed by atoms with Crippen LogP contribution in [0.4, 0.5) is 5.82 Å². The molecule has 0 unspecified atom stereocenters. The van der Waals surface area contributed by atoms with Crippen molar-refractivity contribution < 1.29 is 0 Å². The van der Waals surface area contributed by atoms with Crippen molar-refractivity contribution in [1.82, 2.24) is 19.9 Å². The second-order valence-corrected chi connectivity index (χ2v) is 5.27. The molecule has 2 heterocycles. The van der Waals surface area contributed by atoms with Crippen LogP contribution in [0.3, 0.4) is 0 Å². The van der Waals surface area contributed by atoms with Crippen LogP contribution in [0.1, 0.15) is 30.9 Å². The molecule has 114 valence electrons. The summed E-state index contributed by atoms with van der Waals surface area (Å²) in [6, 6.07) is 4.34. The van der Waals surface area contributed by atoms with Gasteiger partial charge in [-0.15, -0.1) is 0 Å². The molecule has 5 nitrogen and oxygen atoms in total. The fraction of sp³-hybridized carbons (Fsp3) is 0.500. The van der Waals surface area contributed by atoms with E-state index in [0.29, 0.717) is 0 Å². The number of anilines is 1. The Morgan fingerprint density at radius 1 is 1.29 bits per heavy atom. The Bertz CT molecular complexity index is 576. The third-order valence-electron chi connectivity index (χ3n) is 3.56. The molecule has 0 aromatic carbocycles. The first-order valence-electron chi connectivity index (χ1n) is 7.52. The molecule has 0 radical (unpaired) electrons. The highest BCUT2D eigenvalue weighted by Crippen LogP contribution is 2.16. The third-order valence-corrected chi connectivity index (χ3v) is 3.56. The lowest BCUT2D eigenvalue weighted by Crippen LogP contribution is -2.21. The highest BCUT2D eigenvalue weighted by Gasteiger charge is 2.09. The zero-order chi connectivity index (χ0) is 15.2. The van der Waals surface area contributed by atoms with Gasteiger partial charge in [0.05, 0.1) is 6.54 Å². The summed E-state index contributed by atoms with van der Waals surface area (Å²) in [5.74, 6) is 2.04. The predicted octanol–water partition coefficient (Wildman–Crippen LogP) is 2.12. The molecule has 0 atom stereocenters. The molecule has 0 aliphatic carbocycles. The van der Waals surface area contributed by atoms with Gasteiger partial charge in [0.1, 0.15) is 11.6 Å². The normalized spacial score (nSPS) is 10.9. The fourth-order valence-corrected chi connectivity index (χ4v) is 2.22. The average Bonchev–Trinajstić information content (AvgIpc) is 2.90. The largest absolute Gasteiger partial charge is 0.352 e. The molecule has 0 aliphatic rings. The van der Waals surface area contributed by atoms with E-state index in [0.717, 1.165) is 43.4 Å². The predicted molar refractivity (Wildman–Crippen MR) is 86.3 cm³/mol. The fourth-order valence-electron chi connectivity index (χ4n) is 2.22. The van der Waals surface area contributed by atoms with Crippen LogP contribution in [0, 0.1) is 0 Å². The van der Waals surface area contributed by atoms with Gasteiger partial charge in [0.25, 0.3) is 0 Å². The van der Waals surface area contributed by atoms with Crippen molar-refractivity contribution >= 4 is 5.82 Å². The van der Waals surface area contributed by atoms with Crippen LogP contribution in [0.15, 0.2) is 24.5 Å². The van der Waals surface area contributed by atoms with Crippen LogP contribution in [0.2, 0.25) is 0 Å². The molecule has 5 heteroatoms. The van der Waals surface area contributed by atoms with E-state index in [4.69, 9.17) is 4.98 Å². The summed E-state index contributed by atoms with van der Waals surface area (Å²) in [7, 11) is 4.08. The lowest BCUT2D eigenvalue weighted by atomic mass is 10.2. The number of nitrogens with zero attached hydrogens (tertiary/aromatic N) is 4. The molecule has 2 aromatic rings. The minimum Gasteiger partial charge on any atom is -0.352 e. The maximum atomic E-state index is 4.73. The maximum Gasteiger partial charge on any atom is 0.129 e. The van der Waals surface area contributed by atoms with Crippen molar-refractivity contribution in [3.05, 3.63) is 41.6 Å². The number of hydrogen-bond donors (Lipinski definition) is 1. The molecule has 0 saturated heterocycles. The van der Waals surface area contributed by atoms with Crippen molar-refractivity contribution in [3.8, 4) is 0 Å². The number of pyridine rings is 1. The van der Waals surface area contributed by atoms with Gasteiger partial charge < -0.3 is 14.8 Å². The SMILES string of the molecule is CCNCc1cc(CC)nc(N(C)Cc2nccn2C)c1. The minimum atomic E-state index is 0.754. The molecule has 0 amide bonds. The first-order valence-corrected chi connectivity index (χ1v) is 7.52. The monoisotopic (exact) mass is 287 g/mol. The number of imidazole rings is 1. The van der Waals surface area contributed by atoms with E-state index in [9.17, 15) is 0 Å². The van der Waals surface area contributed by atoms with Crippen LogP contribution >= 0.6 is 0 Å². The van der Waals surface area contributed by atoms with E-state index in [1.807, 2.05) is 24.0 Å². The highest BCUT2D eigenvalue weighted by molar-refractivity contribution is 5.42. The van der Waals surface area contributed by atoms with Gasteiger partial charge in [0, 0.05) is 38.7 Å². The van der Waals surface area contributed by atoms with E-state index in [2.05, 4.69) is 48.2 Å². The number of rotatable bonds is 7. The summed E-state index contributed by atoms with van der Waals surface area (Å²) in [5.41, 5.74) is 2.41. The van der Waals surface area contributed by atoms with Crippen molar-refractivity contribution in [2.45, 2.75) is 33.4 Å². The lowest BCUT2D eigenvalue weighted by Gasteiger charge is -2.19. The topological polar surface area (TPSA) is 46.0 Å². The van der Waals surface area contributed by atoms with Gasteiger partial charge in [0.2, 0.25) is 0 Å². The van der Waals surface area contributed by atoms with Crippen LogP contribution in [0.5, 0.6) is 0 Å². The summed E-state index contributed by atoms with van der Waals surface area (Å²) in [6.45, 7) is 6.87. The van der Waals surface area contributed by atoms with Gasteiger partial charge in [-0.2, -0.15) is 0 Å². The van der Waals surface area contributed by atoms with Crippen LogP contribution in [-0.4, -0.2) is 28.1 Å². The molecule has 0 saturated carbocycles. The van der Waals surface area contributed by atoms with Crippen molar-refractivity contribution in [3.63, 3.8) is 0 Å². The molecule has 1 N–H and O–H groups in total. The van der Waals surface area contributed by atoms with Gasteiger partial charge in [-0.1, -0.05) is 13.8 Å². The van der Waals surface area contributed by atoms with E-state index < -0.39 is 0 Å². The molecule has 2 aromatic heterocycles. The summed E-state index contributed by atoms with van der Waals surface area (Å²) in [5, 5.41) is 3.37. The summed E-state index contributed by atoms with van der Waals surface area (Å²) in [6.07, 6.45) is 4.74. The van der Waals surface area contributed by atoms with Crippen LogP contribution in [0.25, 0.3) is 0 Å². The standard InChI is InChI=1S/C16H25N5/c1-5-14-9-13(11-17-6-2)10-15(19-14)21(4)12-16-18-7-8-20(16)3/h7-10,17H,5-6,11-12H2,1-4H3. The smallest absolute Gasteiger partial charge is 0.129 e. The Balaban J connectivity index is 2.18. The molecular weight excluding hydrogens is 262 g/mol. The number of hydrogen-bond acceptors (Lipinski definition) is 4. The number of aromatic nitrogens is 3. The Morgan fingerprint density at radius 3 is 2.71 bits per heavy atom. The van der Waals surface area contributed by atoms with Crippen molar-refractivity contribution in [2.24, 2.45) is 7.05 Å². The molecular formula is C16H25N5. The van der Waals surface area contributed by atoms with Gasteiger partial charge >= 0.3 is 0 Å². The van der Waals surface area contributed by atoms with E-state index in [-0.39, 0.29) is 0 Å². The summed E-state index contributed by atoms with van der Waals surface area (Å²) >= 11 is 0. The maximum absolute atomic E-state index is 4.73. The average molecular weight is 287 g/mol. The van der Waals surface area contributed by atoms with Gasteiger partial charge in [-0.05, 0) is 30.7 Å². The Kier molecular flexibility index (Phi) is 5.33. The van der Waals surface area contributed by atoms with Gasteiger partial charge in [0.15, 0.2) is 0 Å². The lowest BCUT2D eigenvalue weighted by molar-refractivity contribution is 0.720. The quantitative estimate of drug-likeness (QED) is 0.847. The van der Waals surface area contributed by atoms with Crippen LogP contribution in [-0.2, 0) is 26.6 Å². The van der Waals surface area contributed by atoms with Gasteiger partial charge in [-0.25, -0.2) is 9.97 Å². The second-order valence-electron chi connectivity index (χ2n) is 5.27. The Labute approximate surface area is 127 Å². The van der Waals surface area contributed by atoms with E-state index in [1.54, 1.807) is 0 Å². The van der Waals surface area contributed by atoms with E-state index in [1.165, 1.54) is 5.56 Å². The van der Waals surface area contributed by atoms with Crippen molar-refractivity contribution in [1.29, 1.82) is 0 Å². The molecule has 21 heavy (non-hydrogen) atoms. The Morgan fingerprint density at radius 2 is 2.10 bits per heavy atom. The first kappa shape index (κ1) is 15.5. The third kappa shape index (κ3) is 4.04. The number of nitrogens with one attached hydrogen (secondary N) is 1. The highest BCUT2D eigenvalue weighted by atomic mass is 15.2. The van der Waals surface area contributed by atoms with Crippen molar-refractivity contribution in [2.75, 3.05) is 18.5 Å². The molecule has 0 fully saturated rings. The zero-order valence-corrected chi connectivity index (χ0v) is 13.4. The second kappa shape index (κ2) is 7.22. The zero-order valence-electron chi connectivity index (χ0n) is 13.4. The molecule has 2 rings (SSSR count). The molecule has 0 bridgehead atoms. The summed E-state index contributed by atoms with van der Waals surface area (Å²) in [4.78, 5) is 11.3. The molecule has 0 aliphatic heterocycles. The minimum absolute atomic E-state index is 0.754. The number of aryl methyl sites for hydroxylation is 2. The summed E-state index contributed by atoms with van der Waals surface area (Å²) < 4.78 is 2.04.